The summed E-state index contributed by atoms with van der Waals surface area (Å²) in [5.74, 6) is -0.301. The predicted octanol–water partition coefficient (Wildman–Crippen LogP) is 3.18. The van der Waals surface area contributed by atoms with Crippen LogP contribution in [0.5, 0.6) is 0 Å². The first kappa shape index (κ1) is 44.8. The molecule has 0 bridgehead atoms. The summed E-state index contributed by atoms with van der Waals surface area (Å²) in [7, 11) is -8.54. The van der Waals surface area contributed by atoms with Crippen LogP contribution in [0.4, 0.5) is 28.4 Å². The molecule has 1 amide bonds. The topological polar surface area (TPSA) is 290 Å². The van der Waals surface area contributed by atoms with Gasteiger partial charge in [0.15, 0.2) is 6.20 Å². The van der Waals surface area contributed by atoms with Crippen molar-refractivity contribution in [2.45, 2.75) is 44.0 Å². The van der Waals surface area contributed by atoms with Crippen molar-refractivity contribution in [1.82, 2.24) is 0 Å². The largest absolute Gasteiger partial charge is 0.744 e. The van der Waals surface area contributed by atoms with Crippen LogP contribution >= 0.6 is 0 Å². The lowest BCUT2D eigenvalue weighted by Crippen LogP contribution is -2.72. The van der Waals surface area contributed by atoms with Crippen LogP contribution in [0.2, 0.25) is 0 Å². The number of rotatable bonds is 9. The van der Waals surface area contributed by atoms with E-state index in [0.29, 0.717) is 28.3 Å². The molecule has 1 heterocycles. The van der Waals surface area contributed by atoms with E-state index in [2.05, 4.69) is 32.3 Å². The molecule has 0 aliphatic heterocycles. The van der Waals surface area contributed by atoms with Gasteiger partial charge in [-0.05, 0) is 100.0 Å². The number of nitrogens with zero attached hydrogens (tertiary/aromatic N) is 2. The van der Waals surface area contributed by atoms with E-state index in [0.717, 1.165) is 45.5 Å². The van der Waals surface area contributed by atoms with Gasteiger partial charge in [-0.1, -0.05) is 47.5 Å². The van der Waals surface area contributed by atoms with Crippen LogP contribution in [0, 0.1) is 13.8 Å². The van der Waals surface area contributed by atoms with Crippen LogP contribution in [-0.4, -0.2) is 43.5 Å². The molecule has 6 rings (SSSR count). The van der Waals surface area contributed by atoms with Gasteiger partial charge in [0, 0.05) is 34.9 Å². The zero-order valence-electron chi connectivity index (χ0n) is 32.6. The first-order valence-electron chi connectivity index (χ1n) is 17.8. The number of guanidine groups is 1. The van der Waals surface area contributed by atoms with Gasteiger partial charge in [-0.25, -0.2) is 16.8 Å². The Morgan fingerprint density at radius 2 is 1.29 bits per heavy atom. The lowest BCUT2D eigenvalue weighted by atomic mass is 10.1. The maximum atomic E-state index is 12.9. The number of benzene rings is 5. The second-order valence-electron chi connectivity index (χ2n) is 13.0. The number of nitrogen functional groups attached to an aromatic ring is 2. The molecule has 59 heavy (non-hydrogen) atoms. The molecule has 5 aromatic carbocycles. The minimum absolute atomic E-state index is 0.00786. The molecule has 0 aliphatic carbocycles. The Kier molecular flexibility index (Phi) is 14.8. The Morgan fingerprint density at radius 1 is 0.746 bits per heavy atom. The third-order valence-electron chi connectivity index (χ3n) is 8.49. The normalized spacial score (nSPS) is 11.3. The van der Waals surface area contributed by atoms with Crippen LogP contribution in [0.3, 0.4) is 0 Å². The Morgan fingerprint density at radius 3 is 1.78 bits per heavy atom. The molecule has 16 nitrogen and oxygen atoms in total. The number of nitrogens with two attached hydrogens (primary N) is 4. The van der Waals surface area contributed by atoms with Crippen LogP contribution in [-0.2, 0) is 26.8 Å². The Balaban J connectivity index is 0.000000282. The number of anilines is 5. The summed E-state index contributed by atoms with van der Waals surface area (Å²) in [4.78, 5) is 12.5. The molecular weight excluding hydrogens is 795 g/mol. The van der Waals surface area contributed by atoms with Crippen LogP contribution < -0.4 is 43.2 Å². The van der Waals surface area contributed by atoms with Crippen molar-refractivity contribution in [2.24, 2.45) is 16.6 Å². The summed E-state index contributed by atoms with van der Waals surface area (Å²) in [6.07, 6.45) is 2.02. The summed E-state index contributed by atoms with van der Waals surface area (Å²) in [6, 6.07) is 31.9. The molecule has 18 heteroatoms. The highest BCUT2D eigenvalue weighted by atomic mass is 32.2. The molecule has 0 radical (unpaired) electrons. The minimum Gasteiger partial charge on any atom is -0.744 e. The highest BCUT2D eigenvalue weighted by Gasteiger charge is 2.15. The van der Waals surface area contributed by atoms with Crippen LogP contribution in [0.15, 0.2) is 136 Å². The number of pyridine rings is 1. The second kappa shape index (κ2) is 19.5. The average molecular weight is 840 g/mol. The van der Waals surface area contributed by atoms with Crippen molar-refractivity contribution in [3.05, 3.63) is 144 Å². The predicted molar refractivity (Wildman–Crippen MR) is 228 cm³/mol. The summed E-state index contributed by atoms with van der Waals surface area (Å²) >= 11 is 0. The van der Waals surface area contributed by atoms with Gasteiger partial charge in [0.05, 0.1) is 32.1 Å². The average Bonchev–Trinajstić information content (AvgIpc) is 3.17. The molecular formula is C41H45N9O7S2. The van der Waals surface area contributed by atoms with Crippen molar-refractivity contribution < 1.29 is 40.4 Å². The molecule has 0 aliphatic rings. The smallest absolute Gasteiger partial charge is 0.362 e. The molecule has 308 valence electrons. The molecule has 0 unspecified atom stereocenters. The van der Waals surface area contributed by atoms with Gasteiger partial charge in [-0.2, -0.15) is 9.67 Å². The van der Waals surface area contributed by atoms with E-state index in [9.17, 15) is 30.7 Å². The second-order valence-corrected chi connectivity index (χ2v) is 15.8. The number of aromatic nitrogens is 1. The number of aryl methyl sites for hydroxylation is 3. The van der Waals surface area contributed by atoms with E-state index in [4.69, 9.17) is 22.9 Å². The number of hydrazone groups is 1. The Bertz CT molecular complexity index is 2650. The summed E-state index contributed by atoms with van der Waals surface area (Å²) in [5.41, 5.74) is 31.2. The first-order valence-corrected chi connectivity index (χ1v) is 20.6. The molecule has 0 spiro atoms. The number of fused-ring (bicyclic) bond motifs is 1. The van der Waals surface area contributed by atoms with Crippen LogP contribution in [0.25, 0.3) is 10.9 Å². The van der Waals surface area contributed by atoms with E-state index >= 15 is 0 Å². The number of carbonyl (C=O) groups is 1. The fraction of sp³-hybridized carbons (Fsp3) is 0.122. The van der Waals surface area contributed by atoms with Gasteiger partial charge in [0.25, 0.3) is 5.91 Å². The summed E-state index contributed by atoms with van der Waals surface area (Å²) < 4.78 is 64.5. The van der Waals surface area contributed by atoms with Gasteiger partial charge in [-0.3, -0.25) is 16.3 Å². The number of carbonyl (C=O) groups excluding carboxylic acids is 1. The van der Waals surface area contributed by atoms with E-state index in [1.54, 1.807) is 48.5 Å². The van der Waals surface area contributed by atoms with Crippen molar-refractivity contribution >= 4 is 77.2 Å². The van der Waals surface area contributed by atoms with E-state index < -0.39 is 20.2 Å². The molecule has 6 aromatic rings. The third-order valence-corrected chi connectivity index (χ3v) is 10.2. The highest BCUT2D eigenvalue weighted by molar-refractivity contribution is 7.86. The van der Waals surface area contributed by atoms with Crippen molar-refractivity contribution in [3.8, 4) is 0 Å². The minimum atomic E-state index is -4.27. The fourth-order valence-corrected chi connectivity index (χ4v) is 6.30. The monoisotopic (exact) mass is 839 g/mol. The summed E-state index contributed by atoms with van der Waals surface area (Å²) in [5, 5.41) is 13.9. The standard InChI is InChI=1S/C27H29N9O.2C7H8O3S/c1-3-36-13-12-24(22-14-18(28)6-11-25(22)36)32-20-9-10-21(23(29)15-20)26(37)33-19-7-4-17(5-8-19)16(2)34-35-27(30)31;2*1-6-2-4-7(5-3-6)11(8,9)10/h4-15H,3,28H2,1-2H3,(H7,29,30,31,33,34,35,37);2*2-5H,1H3,(H,8,9,10). The molecule has 1 aromatic heterocycles. The molecule has 0 saturated carbocycles. The molecule has 0 saturated heterocycles. The number of amides is 1. The number of hydrogen-bond donors (Lipinski definition) is 7. The molecule has 0 atom stereocenters. The first-order chi connectivity index (χ1) is 27.7. The van der Waals surface area contributed by atoms with E-state index in [1.807, 2.05) is 69.4 Å². The van der Waals surface area contributed by atoms with E-state index in [-0.39, 0.29) is 21.7 Å². The van der Waals surface area contributed by atoms with Gasteiger partial charge in [0.2, 0.25) is 5.52 Å². The van der Waals surface area contributed by atoms with Crippen molar-refractivity contribution in [3.63, 3.8) is 0 Å². The van der Waals surface area contributed by atoms with Gasteiger partial charge in [0.1, 0.15) is 26.8 Å². The lowest BCUT2D eigenvalue weighted by Gasteiger charge is -2.13. The van der Waals surface area contributed by atoms with Crippen molar-refractivity contribution in [1.29, 1.82) is 0 Å². The quantitative estimate of drug-likeness (QED) is 0.0276. The van der Waals surface area contributed by atoms with Gasteiger partial charge in [-0.15, -0.1) is 5.10 Å². The molecule has 0 fully saturated rings. The van der Waals surface area contributed by atoms with Crippen molar-refractivity contribution in [2.75, 3.05) is 22.1 Å². The maximum Gasteiger partial charge on any atom is 0.362 e. The maximum absolute atomic E-state index is 12.9. The summed E-state index contributed by atoms with van der Waals surface area (Å²) in [6.45, 7) is 8.39. The zero-order chi connectivity index (χ0) is 43.5. The number of hydrogen-bond acceptors (Lipinski definition) is 11. The zero-order valence-corrected chi connectivity index (χ0v) is 34.3. The Hall–Kier alpha value is -6.86. The highest BCUT2D eigenvalue weighted by Crippen LogP contribution is 2.28. The number of nitrogens with one attached hydrogen (secondary N) is 3. The van der Waals surface area contributed by atoms with Gasteiger partial charge >= 0.3 is 5.96 Å². The third kappa shape index (κ3) is 13.1. The SMILES string of the molecule is CC[n+]1ccc(Nc2ccc(C(=O)Nc3ccc(/C(C)=N/[NH+]=C(N)N)cc3)c(N)c2)c2cc(N)ccc21.Cc1ccc(S(=O)(=O)[O-])cc1.Cc1ccc(S(=O)(=O)[O-])cc1. The fourth-order valence-electron chi connectivity index (χ4n) is 5.36. The lowest BCUT2D eigenvalue weighted by molar-refractivity contribution is -0.667. The van der Waals surface area contributed by atoms with Crippen LogP contribution in [0.1, 0.15) is 40.9 Å². The van der Waals surface area contributed by atoms with Gasteiger partial charge < -0.3 is 31.2 Å². The molecule has 11 N–H and O–H groups in total. The Labute approximate surface area is 342 Å². The van der Waals surface area contributed by atoms with E-state index in [1.165, 1.54) is 24.3 Å².